The summed E-state index contributed by atoms with van der Waals surface area (Å²) in [7, 11) is 0. The van der Waals surface area contributed by atoms with Crippen molar-refractivity contribution in [3.8, 4) is 0 Å². The second kappa shape index (κ2) is 6.53. The molecule has 2 N–H and O–H groups in total. The minimum absolute atomic E-state index is 0.130. The van der Waals surface area contributed by atoms with Gasteiger partial charge in [-0.05, 0) is 31.7 Å². The van der Waals surface area contributed by atoms with E-state index in [4.69, 9.17) is 0 Å². The lowest BCUT2D eigenvalue weighted by atomic mass is 9.69. The van der Waals surface area contributed by atoms with Gasteiger partial charge >= 0.3 is 0 Å². The molecule has 0 spiro atoms. The second-order valence-electron chi connectivity index (χ2n) is 5.98. The maximum atomic E-state index is 10.1. The van der Waals surface area contributed by atoms with Crippen LogP contribution >= 0.6 is 0 Å². The Hall–Kier alpha value is -0.860. The molecule has 1 fully saturated rings. The molecule has 0 amide bonds. The van der Waals surface area contributed by atoms with Gasteiger partial charge in [-0.1, -0.05) is 50.1 Å². The maximum absolute atomic E-state index is 10.1. The van der Waals surface area contributed by atoms with Gasteiger partial charge in [-0.15, -0.1) is 0 Å². The van der Waals surface area contributed by atoms with E-state index >= 15 is 0 Å². The molecule has 1 aromatic rings. The molecule has 0 aromatic heterocycles. The minimum Gasteiger partial charge on any atom is -0.394 e. The molecule has 1 aliphatic carbocycles. The quantitative estimate of drug-likeness (QED) is 0.850. The molecule has 106 valence electrons. The van der Waals surface area contributed by atoms with E-state index in [1.165, 1.54) is 24.8 Å². The van der Waals surface area contributed by atoms with E-state index in [0.717, 1.165) is 12.8 Å². The Bertz CT molecular complexity index is 378. The molecular formula is C17H27NO. The predicted octanol–water partition coefficient (Wildman–Crippen LogP) is 3.46. The van der Waals surface area contributed by atoms with Crippen molar-refractivity contribution < 1.29 is 5.11 Å². The third kappa shape index (κ3) is 3.18. The summed E-state index contributed by atoms with van der Waals surface area (Å²) in [5, 5.41) is 13.8. The zero-order chi connectivity index (χ0) is 13.7. The smallest absolute Gasteiger partial charge is 0.0619 e. The number of aliphatic hydroxyl groups excluding tert-OH is 1. The van der Waals surface area contributed by atoms with E-state index in [1.54, 1.807) is 0 Å². The predicted molar refractivity (Wildman–Crippen MR) is 80.4 cm³/mol. The molecule has 0 aliphatic heterocycles. The minimum atomic E-state index is -0.130. The summed E-state index contributed by atoms with van der Waals surface area (Å²) in [5.74, 6) is 0.432. The lowest BCUT2D eigenvalue weighted by molar-refractivity contribution is 0.0891. The summed E-state index contributed by atoms with van der Waals surface area (Å²) in [5.41, 5.74) is 1.24. The first kappa shape index (κ1) is 14.5. The first-order valence-electron chi connectivity index (χ1n) is 7.65. The Labute approximate surface area is 117 Å². The van der Waals surface area contributed by atoms with Gasteiger partial charge in [0.2, 0.25) is 0 Å². The van der Waals surface area contributed by atoms with Crippen molar-refractivity contribution in [3.05, 3.63) is 35.9 Å². The molecule has 1 saturated carbocycles. The average Bonchev–Trinajstić information content (AvgIpc) is 2.48. The molecule has 1 aliphatic rings. The highest BCUT2D eigenvalue weighted by atomic mass is 16.3. The van der Waals surface area contributed by atoms with Crippen LogP contribution in [0, 0.1) is 0 Å². The molecule has 1 aromatic carbocycles. The van der Waals surface area contributed by atoms with Crippen LogP contribution in [0.25, 0.3) is 0 Å². The van der Waals surface area contributed by atoms with Crippen LogP contribution in [0.4, 0.5) is 0 Å². The first-order valence-corrected chi connectivity index (χ1v) is 7.65. The fourth-order valence-electron chi connectivity index (χ4n) is 3.41. The van der Waals surface area contributed by atoms with Crippen LogP contribution in [0.3, 0.4) is 0 Å². The van der Waals surface area contributed by atoms with Crippen molar-refractivity contribution in [2.75, 3.05) is 6.61 Å². The Balaban J connectivity index is 2.26. The maximum Gasteiger partial charge on any atom is 0.0619 e. The van der Waals surface area contributed by atoms with Crippen molar-refractivity contribution in [1.82, 2.24) is 5.32 Å². The fraction of sp³-hybridized carbons (Fsp3) is 0.647. The van der Waals surface area contributed by atoms with Gasteiger partial charge in [0, 0.05) is 17.5 Å². The van der Waals surface area contributed by atoms with Gasteiger partial charge in [0.1, 0.15) is 0 Å². The number of hydrogen-bond acceptors (Lipinski definition) is 2. The Morgan fingerprint density at radius 1 is 1.32 bits per heavy atom. The molecule has 3 unspecified atom stereocenters. The summed E-state index contributed by atoms with van der Waals surface area (Å²) in [4.78, 5) is 0. The van der Waals surface area contributed by atoms with Crippen LogP contribution in [-0.4, -0.2) is 23.3 Å². The lowest BCUT2D eigenvalue weighted by Crippen LogP contribution is -2.57. The molecule has 3 atom stereocenters. The summed E-state index contributed by atoms with van der Waals surface area (Å²) in [6.45, 7) is 4.65. The topological polar surface area (TPSA) is 32.3 Å². The van der Waals surface area contributed by atoms with Gasteiger partial charge in [-0.25, -0.2) is 0 Å². The van der Waals surface area contributed by atoms with E-state index in [1.807, 2.05) is 0 Å². The highest BCUT2D eigenvalue weighted by molar-refractivity contribution is 5.25. The van der Waals surface area contributed by atoms with Gasteiger partial charge < -0.3 is 10.4 Å². The van der Waals surface area contributed by atoms with Crippen molar-refractivity contribution >= 4 is 0 Å². The zero-order valence-corrected chi connectivity index (χ0v) is 12.2. The van der Waals surface area contributed by atoms with Gasteiger partial charge in [0.15, 0.2) is 0 Å². The average molecular weight is 261 g/mol. The van der Waals surface area contributed by atoms with Crippen molar-refractivity contribution in [2.45, 2.75) is 63.5 Å². The van der Waals surface area contributed by atoms with Crippen LogP contribution < -0.4 is 5.32 Å². The molecular weight excluding hydrogens is 234 g/mol. The Kier molecular flexibility index (Phi) is 5.00. The highest BCUT2D eigenvalue weighted by Gasteiger charge is 2.41. The summed E-state index contributed by atoms with van der Waals surface area (Å²) in [6.07, 6.45) is 5.83. The number of hydrogen-bond donors (Lipinski definition) is 2. The van der Waals surface area contributed by atoms with Gasteiger partial charge in [-0.2, -0.15) is 0 Å². The molecule has 19 heavy (non-hydrogen) atoms. The van der Waals surface area contributed by atoms with Crippen LogP contribution in [0.1, 0.15) is 57.4 Å². The van der Waals surface area contributed by atoms with Crippen LogP contribution in [0.2, 0.25) is 0 Å². The largest absolute Gasteiger partial charge is 0.394 e. The van der Waals surface area contributed by atoms with E-state index in [9.17, 15) is 5.11 Å². The third-order valence-corrected chi connectivity index (χ3v) is 4.66. The molecule has 0 saturated heterocycles. The van der Waals surface area contributed by atoms with Crippen molar-refractivity contribution in [3.63, 3.8) is 0 Å². The number of aliphatic hydroxyl groups is 1. The Morgan fingerprint density at radius 3 is 2.68 bits per heavy atom. The Morgan fingerprint density at radius 2 is 2.05 bits per heavy atom. The van der Waals surface area contributed by atoms with E-state index in [2.05, 4.69) is 49.5 Å². The van der Waals surface area contributed by atoms with Gasteiger partial charge in [0.25, 0.3) is 0 Å². The van der Waals surface area contributed by atoms with Gasteiger partial charge in [-0.3, -0.25) is 0 Å². The molecule has 2 nitrogen and oxygen atoms in total. The highest BCUT2D eigenvalue weighted by Crippen LogP contribution is 2.41. The summed E-state index contributed by atoms with van der Waals surface area (Å²) >= 11 is 0. The summed E-state index contributed by atoms with van der Waals surface area (Å²) < 4.78 is 0. The van der Waals surface area contributed by atoms with E-state index in [-0.39, 0.29) is 12.1 Å². The third-order valence-electron chi connectivity index (χ3n) is 4.66. The molecule has 2 heteroatoms. The standard InChI is InChI=1S/C17H27NO/c1-3-14(2)18-17(13-19)12-8-7-11-16(17)15-9-5-4-6-10-15/h4-6,9-10,14,16,18-19H,3,7-8,11-13H2,1-2H3. The van der Waals surface area contributed by atoms with Gasteiger partial charge in [0.05, 0.1) is 6.61 Å². The lowest BCUT2D eigenvalue weighted by Gasteiger charge is -2.46. The molecule has 0 radical (unpaired) electrons. The van der Waals surface area contributed by atoms with E-state index in [0.29, 0.717) is 12.0 Å². The SMILES string of the molecule is CCC(C)NC1(CO)CCCCC1c1ccccc1. The summed E-state index contributed by atoms with van der Waals surface area (Å²) in [6, 6.07) is 11.1. The fourth-order valence-corrected chi connectivity index (χ4v) is 3.41. The van der Waals surface area contributed by atoms with Crippen LogP contribution in [0.5, 0.6) is 0 Å². The number of nitrogens with one attached hydrogen (secondary N) is 1. The first-order chi connectivity index (χ1) is 9.22. The van der Waals surface area contributed by atoms with Crippen molar-refractivity contribution in [2.24, 2.45) is 0 Å². The zero-order valence-electron chi connectivity index (χ0n) is 12.2. The normalized spacial score (nSPS) is 29.1. The van der Waals surface area contributed by atoms with Crippen molar-refractivity contribution in [1.29, 1.82) is 0 Å². The van der Waals surface area contributed by atoms with E-state index < -0.39 is 0 Å². The molecule has 0 heterocycles. The monoisotopic (exact) mass is 261 g/mol. The molecule has 0 bridgehead atoms. The molecule has 2 rings (SSSR count). The number of benzene rings is 1. The van der Waals surface area contributed by atoms with Crippen LogP contribution in [-0.2, 0) is 0 Å². The number of rotatable bonds is 5. The van der Waals surface area contributed by atoms with Crippen LogP contribution in [0.15, 0.2) is 30.3 Å². The second-order valence-corrected chi connectivity index (χ2v) is 5.98.